The first kappa shape index (κ1) is 18.4. The molecule has 0 N–H and O–H groups in total. The van der Waals surface area contributed by atoms with Crippen LogP contribution >= 0.6 is 0 Å². The first-order chi connectivity index (χ1) is 15.4. The van der Waals surface area contributed by atoms with Crippen LogP contribution in [0.15, 0.2) is 102 Å². The Kier molecular flexibility index (Phi) is 4.41. The van der Waals surface area contributed by atoms with E-state index in [-0.39, 0.29) is 0 Å². The van der Waals surface area contributed by atoms with E-state index >= 15 is 0 Å². The Labute approximate surface area is 183 Å². The van der Waals surface area contributed by atoms with Crippen LogP contribution in [0.2, 0.25) is 0 Å². The lowest BCUT2D eigenvalue weighted by Crippen LogP contribution is -2.55. The highest BCUT2D eigenvalue weighted by atomic mass is 16.6. The highest BCUT2D eigenvalue weighted by molar-refractivity contribution is 5.96. The van der Waals surface area contributed by atoms with Crippen LogP contribution in [0, 0.1) is 5.92 Å². The summed E-state index contributed by atoms with van der Waals surface area (Å²) >= 11 is 0. The molecule has 2 aliphatic heterocycles. The predicted octanol–water partition coefficient (Wildman–Crippen LogP) is 6.41. The average molecular weight is 407 g/mol. The van der Waals surface area contributed by atoms with Crippen molar-refractivity contribution in [3.05, 3.63) is 114 Å². The van der Waals surface area contributed by atoms with Crippen molar-refractivity contribution in [3.63, 3.8) is 0 Å². The molecule has 0 aromatic heterocycles. The molecule has 3 aromatic rings. The summed E-state index contributed by atoms with van der Waals surface area (Å²) in [5.41, 5.74) is 4.31. The van der Waals surface area contributed by atoms with Gasteiger partial charge in [-0.15, -0.1) is 5.10 Å². The molecule has 0 unspecified atom stereocenters. The van der Waals surface area contributed by atoms with Gasteiger partial charge in [0.05, 0.1) is 5.70 Å². The number of hydrazone groups is 1. The monoisotopic (exact) mass is 406 g/mol. The summed E-state index contributed by atoms with van der Waals surface area (Å²) in [4.78, 5) is 0. The van der Waals surface area contributed by atoms with Crippen LogP contribution in [-0.2, 0) is 4.74 Å². The topological polar surface area (TPSA) is 24.8 Å². The number of rotatable bonds is 3. The first-order valence-electron chi connectivity index (χ1n) is 11.3. The molecule has 3 atom stereocenters. The summed E-state index contributed by atoms with van der Waals surface area (Å²) < 4.78 is 6.88. The van der Waals surface area contributed by atoms with Crippen molar-refractivity contribution in [2.75, 3.05) is 0 Å². The van der Waals surface area contributed by atoms with Crippen LogP contribution in [0.3, 0.4) is 0 Å². The normalized spacial score (nSPS) is 26.9. The van der Waals surface area contributed by atoms with Gasteiger partial charge in [-0.2, -0.15) is 0 Å². The standard InChI is InChI=1S/C28H26N2O/c1-4-12-21(13-5-1)24-20-26(22-14-6-2-7-15-22)30-28(19-11-10-18-25(24)28)31-27(29-30)23-16-8-3-9-17-23/h1-9,12-17,20,24-25H,10-11,18-19H2/t24-,25-,28+/m1/s1. The number of allylic oxidation sites excluding steroid dienone is 1. The molecule has 3 nitrogen and oxygen atoms in total. The molecule has 154 valence electrons. The molecule has 0 bridgehead atoms. The third-order valence-corrected chi connectivity index (χ3v) is 6.98. The summed E-state index contributed by atoms with van der Waals surface area (Å²) in [6, 6.07) is 31.9. The van der Waals surface area contributed by atoms with Gasteiger partial charge in [0.15, 0.2) is 0 Å². The second-order valence-corrected chi connectivity index (χ2v) is 8.74. The van der Waals surface area contributed by atoms with Crippen molar-refractivity contribution >= 4 is 11.6 Å². The van der Waals surface area contributed by atoms with Crippen LogP contribution in [0.25, 0.3) is 5.70 Å². The smallest absolute Gasteiger partial charge is 0.240 e. The third-order valence-electron chi connectivity index (χ3n) is 6.98. The fourth-order valence-electron chi connectivity index (χ4n) is 5.55. The van der Waals surface area contributed by atoms with E-state index < -0.39 is 5.72 Å². The lowest BCUT2D eigenvalue weighted by atomic mass is 9.68. The molecule has 1 fully saturated rings. The summed E-state index contributed by atoms with van der Waals surface area (Å²) in [7, 11) is 0. The number of ether oxygens (including phenoxy) is 1. The molecule has 0 radical (unpaired) electrons. The lowest BCUT2D eigenvalue weighted by molar-refractivity contribution is -0.116. The van der Waals surface area contributed by atoms with E-state index in [4.69, 9.17) is 9.84 Å². The maximum Gasteiger partial charge on any atom is 0.240 e. The first-order valence-corrected chi connectivity index (χ1v) is 11.3. The zero-order valence-electron chi connectivity index (χ0n) is 17.5. The number of nitrogens with zero attached hydrogens (tertiary/aromatic N) is 2. The molecule has 1 spiro atoms. The Morgan fingerprint density at radius 3 is 2.13 bits per heavy atom. The van der Waals surface area contributed by atoms with Crippen LogP contribution in [0.1, 0.15) is 48.3 Å². The van der Waals surface area contributed by atoms with Gasteiger partial charge in [0.25, 0.3) is 0 Å². The predicted molar refractivity (Wildman–Crippen MR) is 124 cm³/mol. The number of benzene rings is 3. The summed E-state index contributed by atoms with van der Waals surface area (Å²) in [5, 5.41) is 7.32. The Hall–Kier alpha value is -3.33. The molecule has 6 rings (SSSR count). The van der Waals surface area contributed by atoms with Gasteiger partial charge in [0, 0.05) is 23.8 Å². The largest absolute Gasteiger partial charge is 0.447 e. The van der Waals surface area contributed by atoms with E-state index in [1.54, 1.807) is 0 Å². The molecule has 31 heavy (non-hydrogen) atoms. The molecular weight excluding hydrogens is 380 g/mol. The zero-order valence-corrected chi connectivity index (χ0v) is 17.5. The van der Waals surface area contributed by atoms with Gasteiger partial charge in [-0.3, -0.25) is 0 Å². The van der Waals surface area contributed by atoms with Crippen LogP contribution in [0.5, 0.6) is 0 Å². The van der Waals surface area contributed by atoms with Crippen molar-refractivity contribution in [3.8, 4) is 0 Å². The van der Waals surface area contributed by atoms with Gasteiger partial charge in [0.1, 0.15) is 0 Å². The highest BCUT2D eigenvalue weighted by Gasteiger charge is 2.58. The third kappa shape index (κ3) is 2.99. The molecule has 3 heteroatoms. The Balaban J connectivity index is 1.53. The molecule has 2 heterocycles. The van der Waals surface area contributed by atoms with Gasteiger partial charge in [-0.05, 0) is 36.1 Å². The minimum Gasteiger partial charge on any atom is -0.447 e. The second kappa shape index (κ2) is 7.42. The van der Waals surface area contributed by atoms with Crippen molar-refractivity contribution in [1.29, 1.82) is 0 Å². The van der Waals surface area contributed by atoms with E-state index in [1.807, 2.05) is 6.07 Å². The Bertz CT molecular complexity index is 1120. The van der Waals surface area contributed by atoms with Crippen molar-refractivity contribution in [1.82, 2.24) is 5.01 Å². The maximum atomic E-state index is 6.88. The van der Waals surface area contributed by atoms with Crippen molar-refractivity contribution in [2.45, 2.75) is 37.3 Å². The van der Waals surface area contributed by atoms with Crippen molar-refractivity contribution in [2.24, 2.45) is 11.0 Å². The Morgan fingerprint density at radius 1 is 0.774 bits per heavy atom. The highest BCUT2D eigenvalue weighted by Crippen LogP contribution is 2.55. The minimum absolute atomic E-state index is 0.304. The summed E-state index contributed by atoms with van der Waals surface area (Å²) in [5.74, 6) is 1.40. The van der Waals surface area contributed by atoms with Crippen LogP contribution < -0.4 is 0 Å². The van der Waals surface area contributed by atoms with E-state index in [9.17, 15) is 0 Å². The molecule has 3 aromatic carbocycles. The maximum absolute atomic E-state index is 6.88. The molecule has 1 saturated carbocycles. The lowest BCUT2D eigenvalue weighted by Gasteiger charge is -2.51. The van der Waals surface area contributed by atoms with Crippen LogP contribution in [0.4, 0.5) is 0 Å². The molecule has 0 amide bonds. The van der Waals surface area contributed by atoms with Gasteiger partial charge in [0.2, 0.25) is 11.6 Å². The zero-order chi connectivity index (χ0) is 20.7. The fraction of sp³-hybridized carbons (Fsp3) is 0.250. The van der Waals surface area contributed by atoms with Gasteiger partial charge in [-0.25, -0.2) is 5.01 Å². The number of hydrogen-bond donors (Lipinski definition) is 0. The van der Waals surface area contributed by atoms with Crippen molar-refractivity contribution < 1.29 is 4.74 Å². The van der Waals surface area contributed by atoms with Gasteiger partial charge in [-0.1, -0.05) is 91.4 Å². The quantitative estimate of drug-likeness (QED) is 0.502. The summed E-state index contributed by atoms with van der Waals surface area (Å²) in [6.07, 6.45) is 6.97. The fourth-order valence-corrected chi connectivity index (χ4v) is 5.55. The van der Waals surface area contributed by atoms with Crippen LogP contribution in [-0.4, -0.2) is 16.6 Å². The molecule has 1 aliphatic carbocycles. The van der Waals surface area contributed by atoms with Gasteiger partial charge >= 0.3 is 0 Å². The second-order valence-electron chi connectivity index (χ2n) is 8.74. The SMILES string of the molecule is C1=C(c2ccccc2)N2N=C(c3ccccc3)O[C@]23CCCC[C@@H]3[C@H]1c1ccccc1. The minimum atomic E-state index is -0.427. The van der Waals surface area contributed by atoms with E-state index in [0.717, 1.165) is 36.4 Å². The molecule has 3 aliphatic rings. The van der Waals surface area contributed by atoms with Gasteiger partial charge < -0.3 is 4.74 Å². The molecular formula is C28H26N2O. The molecule has 0 saturated heterocycles. The number of hydrogen-bond acceptors (Lipinski definition) is 3. The van der Waals surface area contributed by atoms with E-state index in [1.165, 1.54) is 17.5 Å². The van der Waals surface area contributed by atoms with E-state index in [2.05, 4.69) is 96.0 Å². The summed E-state index contributed by atoms with van der Waals surface area (Å²) in [6.45, 7) is 0. The van der Waals surface area contributed by atoms with E-state index in [0.29, 0.717) is 11.8 Å². The Morgan fingerprint density at radius 2 is 1.42 bits per heavy atom. The average Bonchev–Trinajstić information content (AvgIpc) is 3.24.